The van der Waals surface area contributed by atoms with E-state index in [4.69, 9.17) is 16.3 Å². The van der Waals surface area contributed by atoms with Crippen molar-refractivity contribution in [2.45, 2.75) is 31.7 Å². The maximum absolute atomic E-state index is 12.9. The Kier molecular flexibility index (Phi) is 9.54. The summed E-state index contributed by atoms with van der Waals surface area (Å²) in [5, 5.41) is 3.67. The van der Waals surface area contributed by atoms with Crippen molar-refractivity contribution < 1.29 is 13.2 Å². The number of sulfonamides is 1. The van der Waals surface area contributed by atoms with Crippen molar-refractivity contribution in [1.82, 2.24) is 19.6 Å². The number of rotatable bonds is 10. The number of nitrogens with one attached hydrogen (secondary N) is 2. The van der Waals surface area contributed by atoms with Crippen LogP contribution < -0.4 is 28.5 Å². The molecule has 0 aliphatic carbocycles. The third-order valence-electron chi connectivity index (χ3n) is 5.88. The van der Waals surface area contributed by atoms with E-state index in [1.165, 1.54) is 0 Å². The number of hydrogen-bond donors (Lipinski definition) is 2. The van der Waals surface area contributed by atoms with Crippen LogP contribution in [0.2, 0.25) is 5.02 Å². The van der Waals surface area contributed by atoms with Crippen LogP contribution in [0, 0.1) is 0 Å². The summed E-state index contributed by atoms with van der Waals surface area (Å²) in [5.74, 6) is 1.09. The molecule has 0 unspecified atom stereocenters. The molecule has 1 aliphatic heterocycles. The van der Waals surface area contributed by atoms with Gasteiger partial charge in [0.25, 0.3) is 0 Å². The Morgan fingerprint density at radius 3 is 2.58 bits per heavy atom. The molecule has 1 aliphatic rings. The molecule has 0 amide bonds. The number of likely N-dealkylation sites (N-methyl/N-ethyl adjacent to an activating group) is 1. The molecule has 0 saturated carbocycles. The standard InChI is InChI=1S/C26H33AsClN6O3S/c1-5-37-23-16-19(34-14-12-33(4)13-15-34)10-11-22(23)30-26-29-17-21(28)25(31-26)27-20-8-6-7-9-24(20)38(35,36)32-18(2)3/h6-11,16-18,32H,5,12-15H2,1-4H3,(H,29,30,31). The molecule has 203 valence electrons. The first-order chi connectivity index (χ1) is 18.2. The number of anilines is 3. The van der Waals surface area contributed by atoms with Gasteiger partial charge in [-0.3, -0.25) is 0 Å². The third-order valence-corrected chi connectivity index (χ3v) is 11.0. The van der Waals surface area contributed by atoms with Crippen LogP contribution >= 0.6 is 11.6 Å². The Hall–Kier alpha value is -2.36. The van der Waals surface area contributed by atoms with Gasteiger partial charge in [-0.2, -0.15) is 0 Å². The summed E-state index contributed by atoms with van der Waals surface area (Å²) >= 11 is 5.64. The average Bonchev–Trinajstić information content (AvgIpc) is 2.87. The zero-order chi connectivity index (χ0) is 27.3. The molecule has 1 fully saturated rings. The number of hydrogen-bond acceptors (Lipinski definition) is 8. The van der Waals surface area contributed by atoms with E-state index in [-0.39, 0.29) is 10.9 Å². The van der Waals surface area contributed by atoms with Crippen LogP contribution in [0.1, 0.15) is 20.8 Å². The maximum atomic E-state index is 12.9. The molecule has 12 heteroatoms. The van der Waals surface area contributed by atoms with Crippen molar-refractivity contribution in [3.8, 4) is 5.75 Å². The quantitative estimate of drug-likeness (QED) is 0.334. The number of benzene rings is 2. The predicted molar refractivity (Wildman–Crippen MR) is 155 cm³/mol. The van der Waals surface area contributed by atoms with Gasteiger partial charge in [-0.25, -0.2) is 0 Å². The van der Waals surface area contributed by atoms with Gasteiger partial charge < -0.3 is 0 Å². The summed E-state index contributed by atoms with van der Waals surface area (Å²) in [7, 11) is -1.52. The second kappa shape index (κ2) is 12.7. The minimum atomic E-state index is -3.66. The Morgan fingerprint density at radius 2 is 1.87 bits per heavy atom. The van der Waals surface area contributed by atoms with Gasteiger partial charge in [0.05, 0.1) is 0 Å². The average molecular weight is 620 g/mol. The molecule has 38 heavy (non-hydrogen) atoms. The molecular weight excluding hydrogens is 587 g/mol. The van der Waals surface area contributed by atoms with Crippen LogP contribution in [0.3, 0.4) is 0 Å². The Bertz CT molecular complexity index is 1370. The topological polar surface area (TPSA) is 99.7 Å². The second-order valence-electron chi connectivity index (χ2n) is 9.25. The molecule has 0 atom stereocenters. The fourth-order valence-corrected chi connectivity index (χ4v) is 8.54. The molecule has 3 aromatic rings. The van der Waals surface area contributed by atoms with Crippen molar-refractivity contribution >= 4 is 63.5 Å². The van der Waals surface area contributed by atoms with Crippen molar-refractivity contribution in [2.24, 2.45) is 0 Å². The van der Waals surface area contributed by atoms with E-state index >= 15 is 0 Å². The summed E-state index contributed by atoms with van der Waals surface area (Å²) in [4.78, 5) is 14.0. The Balaban J connectivity index is 1.58. The van der Waals surface area contributed by atoms with Crippen molar-refractivity contribution in [2.75, 3.05) is 50.1 Å². The van der Waals surface area contributed by atoms with Gasteiger partial charge in [0.15, 0.2) is 0 Å². The van der Waals surface area contributed by atoms with Crippen LogP contribution in [0.5, 0.6) is 5.75 Å². The molecule has 0 bridgehead atoms. The number of nitrogens with zero attached hydrogens (tertiary/aromatic N) is 4. The van der Waals surface area contributed by atoms with Crippen molar-refractivity contribution in [1.29, 1.82) is 0 Å². The van der Waals surface area contributed by atoms with Crippen LogP contribution in [0.15, 0.2) is 53.6 Å². The molecule has 4 rings (SSSR count). The predicted octanol–water partition coefficient (Wildman–Crippen LogP) is 2.37. The van der Waals surface area contributed by atoms with Crippen LogP contribution in [0.25, 0.3) is 0 Å². The molecule has 9 nitrogen and oxygen atoms in total. The molecule has 1 saturated heterocycles. The van der Waals surface area contributed by atoms with Crippen LogP contribution in [-0.4, -0.2) is 84.9 Å². The molecule has 2 heterocycles. The monoisotopic (exact) mass is 619 g/mol. The van der Waals surface area contributed by atoms with Gasteiger partial charge in [-0.05, 0) is 7.05 Å². The van der Waals surface area contributed by atoms with Gasteiger partial charge in [-0.1, -0.05) is 0 Å². The van der Waals surface area contributed by atoms with Crippen molar-refractivity contribution in [3.63, 3.8) is 0 Å². The first-order valence-electron chi connectivity index (χ1n) is 12.5. The third kappa shape index (κ3) is 7.18. The normalized spacial score (nSPS) is 14.9. The van der Waals surface area contributed by atoms with Gasteiger partial charge >= 0.3 is 230 Å². The number of aromatic nitrogens is 2. The summed E-state index contributed by atoms with van der Waals surface area (Å²) in [6.07, 6.45) is 1.55. The van der Waals surface area contributed by atoms with E-state index in [1.54, 1.807) is 32.2 Å². The number of ether oxygens (including phenoxy) is 1. The number of piperazine rings is 1. The van der Waals surface area contributed by atoms with Crippen LogP contribution in [-0.2, 0) is 10.0 Å². The fraction of sp³-hybridized carbons (Fsp3) is 0.385. The molecule has 0 spiro atoms. The van der Waals surface area contributed by atoms with Crippen molar-refractivity contribution in [3.05, 3.63) is 53.7 Å². The van der Waals surface area contributed by atoms with E-state index in [0.29, 0.717) is 32.2 Å². The molecular formula is C26H33AsClN6O3S. The van der Waals surface area contributed by atoms with Crippen LogP contribution in [0.4, 0.5) is 17.3 Å². The summed E-state index contributed by atoms with van der Waals surface area (Å²) < 4.78 is 35.7. The SMILES string of the molecule is CCOc1cc(N2CCN(C)CC2)ccc1Nc1ncc(Cl)c([As]c2ccccc2S(=O)(=O)NC(C)C)n1. The Labute approximate surface area is 236 Å². The van der Waals surface area contributed by atoms with E-state index < -0.39 is 25.8 Å². The molecule has 2 N–H and O–H groups in total. The second-order valence-corrected chi connectivity index (χ2v) is 13.7. The minimum absolute atomic E-state index is 0.218. The van der Waals surface area contributed by atoms with Gasteiger partial charge in [0.1, 0.15) is 0 Å². The number of halogens is 1. The first kappa shape index (κ1) is 28.6. The van der Waals surface area contributed by atoms with Gasteiger partial charge in [0.2, 0.25) is 0 Å². The van der Waals surface area contributed by atoms with Gasteiger partial charge in [-0.15, -0.1) is 0 Å². The van der Waals surface area contributed by atoms with E-state index in [0.717, 1.165) is 37.6 Å². The summed E-state index contributed by atoms with van der Waals surface area (Å²) in [6.45, 7) is 10.0. The zero-order valence-electron chi connectivity index (χ0n) is 22.0. The first-order valence-corrected chi connectivity index (χ1v) is 16.2. The molecule has 1 radical (unpaired) electrons. The molecule has 1 aromatic heterocycles. The van der Waals surface area contributed by atoms with E-state index in [2.05, 4.69) is 42.9 Å². The van der Waals surface area contributed by atoms with E-state index in [1.807, 2.05) is 31.2 Å². The summed E-state index contributed by atoms with van der Waals surface area (Å²) in [5.41, 5.74) is 1.86. The summed E-state index contributed by atoms with van der Waals surface area (Å²) in [6, 6.07) is 12.8. The Morgan fingerprint density at radius 1 is 1.13 bits per heavy atom. The van der Waals surface area contributed by atoms with Gasteiger partial charge in [0, 0.05) is 0 Å². The fourth-order valence-electron chi connectivity index (χ4n) is 4.03. The zero-order valence-corrected chi connectivity index (χ0v) is 25.4. The van der Waals surface area contributed by atoms with E-state index in [9.17, 15) is 8.42 Å². The molecule has 2 aromatic carbocycles.